The van der Waals surface area contributed by atoms with E-state index in [0.29, 0.717) is 23.6 Å². The van der Waals surface area contributed by atoms with E-state index in [9.17, 15) is 14.7 Å². The van der Waals surface area contributed by atoms with Gasteiger partial charge in [0.15, 0.2) is 0 Å². The van der Waals surface area contributed by atoms with Crippen LogP contribution in [0.5, 0.6) is 11.5 Å². The summed E-state index contributed by atoms with van der Waals surface area (Å²) in [5.74, 6) is -1.23. The molecule has 2 aromatic carbocycles. The molecule has 0 aromatic heterocycles. The highest BCUT2D eigenvalue weighted by atomic mass is 16.5. The first-order valence-corrected chi connectivity index (χ1v) is 7.25. The van der Waals surface area contributed by atoms with Crippen LogP contribution >= 0.6 is 0 Å². The summed E-state index contributed by atoms with van der Waals surface area (Å²) in [5, 5.41) is 15.5. The highest BCUT2D eigenvalue weighted by Crippen LogP contribution is 2.23. The fraction of sp³-hybridized carbons (Fsp3) is 0.118. The summed E-state index contributed by atoms with van der Waals surface area (Å²) in [4.78, 5) is 23.6. The molecule has 0 radical (unpaired) electrons. The van der Waals surface area contributed by atoms with Crippen molar-refractivity contribution in [3.63, 3.8) is 0 Å². The number of carbonyl (C=O) groups is 2. The maximum Gasteiger partial charge on any atom is 0.329 e. The Morgan fingerprint density at radius 3 is 2.71 bits per heavy atom. The predicted molar refractivity (Wildman–Crippen MR) is 90.1 cm³/mol. The van der Waals surface area contributed by atoms with Gasteiger partial charge in [-0.25, -0.2) is 5.43 Å². The normalized spacial score (nSPS) is 10.4. The maximum absolute atomic E-state index is 11.9. The van der Waals surface area contributed by atoms with Gasteiger partial charge in [0.05, 0.1) is 18.5 Å². The van der Waals surface area contributed by atoms with Gasteiger partial charge in [-0.05, 0) is 36.8 Å². The Morgan fingerprint density at radius 2 is 1.96 bits per heavy atom. The fourth-order valence-electron chi connectivity index (χ4n) is 1.85. The van der Waals surface area contributed by atoms with Crippen LogP contribution in [0, 0.1) is 0 Å². The summed E-state index contributed by atoms with van der Waals surface area (Å²) >= 11 is 0. The minimum Gasteiger partial charge on any atom is -0.508 e. The lowest BCUT2D eigenvalue weighted by Gasteiger charge is -2.10. The number of phenols is 1. The van der Waals surface area contributed by atoms with E-state index in [2.05, 4.69) is 15.8 Å². The van der Waals surface area contributed by atoms with Gasteiger partial charge in [0.2, 0.25) is 0 Å². The third-order valence-electron chi connectivity index (χ3n) is 2.89. The Bertz CT molecular complexity index is 759. The zero-order valence-corrected chi connectivity index (χ0v) is 13.0. The number of hydrogen-bond acceptors (Lipinski definition) is 5. The molecule has 0 unspecified atom stereocenters. The van der Waals surface area contributed by atoms with Crippen LogP contribution in [0.1, 0.15) is 12.5 Å². The highest BCUT2D eigenvalue weighted by Gasteiger charge is 2.15. The van der Waals surface area contributed by atoms with Crippen LogP contribution in [0.15, 0.2) is 53.6 Å². The standard InChI is InChI=1S/C17H17N3O4/c1-2-24-15-9-4-3-8-14(15)19-16(22)17(23)20-18-11-12-6-5-7-13(21)10-12/h3-11,21H,2H2,1H3,(H,19,22)(H,20,23)/b18-11-. The predicted octanol–water partition coefficient (Wildman–Crippen LogP) is 1.88. The van der Waals surface area contributed by atoms with Crippen molar-refractivity contribution in [3.8, 4) is 11.5 Å². The molecule has 0 heterocycles. The number of phenolic OH excluding ortho intramolecular Hbond substituents is 1. The summed E-state index contributed by atoms with van der Waals surface area (Å²) in [6.45, 7) is 2.26. The van der Waals surface area contributed by atoms with Gasteiger partial charge in [-0.2, -0.15) is 5.10 Å². The largest absolute Gasteiger partial charge is 0.508 e. The van der Waals surface area contributed by atoms with E-state index in [1.807, 2.05) is 6.92 Å². The van der Waals surface area contributed by atoms with E-state index < -0.39 is 11.8 Å². The van der Waals surface area contributed by atoms with Gasteiger partial charge in [-0.1, -0.05) is 24.3 Å². The number of rotatable bonds is 5. The second-order valence-electron chi connectivity index (χ2n) is 4.68. The summed E-state index contributed by atoms with van der Waals surface area (Å²) in [5.41, 5.74) is 3.10. The Labute approximate surface area is 139 Å². The number of hydrogen-bond donors (Lipinski definition) is 3. The lowest BCUT2D eigenvalue weighted by Crippen LogP contribution is -2.32. The van der Waals surface area contributed by atoms with E-state index in [1.165, 1.54) is 18.3 Å². The SMILES string of the molecule is CCOc1ccccc1NC(=O)C(=O)N/N=C\c1cccc(O)c1. The molecular formula is C17H17N3O4. The number of benzene rings is 2. The number of nitrogens with zero attached hydrogens (tertiary/aromatic N) is 1. The summed E-state index contributed by atoms with van der Waals surface area (Å²) < 4.78 is 5.37. The smallest absolute Gasteiger partial charge is 0.329 e. The number of aromatic hydroxyl groups is 1. The first-order chi connectivity index (χ1) is 11.6. The lowest BCUT2D eigenvalue weighted by molar-refractivity contribution is -0.136. The van der Waals surface area contributed by atoms with Gasteiger partial charge >= 0.3 is 11.8 Å². The molecule has 0 fully saturated rings. The van der Waals surface area contributed by atoms with Crippen LogP contribution in [-0.2, 0) is 9.59 Å². The third kappa shape index (κ3) is 4.84. The number of amides is 2. The molecular weight excluding hydrogens is 310 g/mol. The van der Waals surface area contributed by atoms with Crippen LogP contribution in [0.2, 0.25) is 0 Å². The number of carbonyl (C=O) groups excluding carboxylic acids is 2. The Hall–Kier alpha value is -3.35. The van der Waals surface area contributed by atoms with Crippen LogP contribution in [0.4, 0.5) is 5.69 Å². The molecule has 0 bridgehead atoms. The molecule has 7 nitrogen and oxygen atoms in total. The number of ether oxygens (including phenoxy) is 1. The second kappa shape index (κ2) is 8.33. The van der Waals surface area contributed by atoms with Crippen molar-refractivity contribution >= 4 is 23.7 Å². The Balaban J connectivity index is 1.94. The fourth-order valence-corrected chi connectivity index (χ4v) is 1.85. The monoisotopic (exact) mass is 327 g/mol. The molecule has 7 heteroatoms. The van der Waals surface area contributed by atoms with Gasteiger partial charge in [0.25, 0.3) is 0 Å². The van der Waals surface area contributed by atoms with E-state index in [1.54, 1.807) is 36.4 Å². The molecule has 0 saturated carbocycles. The molecule has 24 heavy (non-hydrogen) atoms. The van der Waals surface area contributed by atoms with Gasteiger partial charge in [-0.3, -0.25) is 9.59 Å². The molecule has 0 spiro atoms. The zero-order chi connectivity index (χ0) is 17.4. The van der Waals surface area contributed by atoms with E-state index >= 15 is 0 Å². The molecule has 0 saturated heterocycles. The summed E-state index contributed by atoms with van der Waals surface area (Å²) in [6.07, 6.45) is 1.32. The van der Waals surface area contributed by atoms with E-state index in [4.69, 9.17) is 4.74 Å². The highest BCUT2D eigenvalue weighted by molar-refractivity contribution is 6.39. The van der Waals surface area contributed by atoms with E-state index in [-0.39, 0.29) is 5.75 Å². The number of para-hydroxylation sites is 2. The topological polar surface area (TPSA) is 100 Å². The van der Waals surface area contributed by atoms with Crippen LogP contribution in [-0.4, -0.2) is 29.7 Å². The second-order valence-corrected chi connectivity index (χ2v) is 4.68. The van der Waals surface area contributed by atoms with Crippen molar-refractivity contribution in [1.82, 2.24) is 5.43 Å². The quantitative estimate of drug-likeness (QED) is 0.443. The van der Waals surface area contributed by atoms with Gasteiger partial charge in [0.1, 0.15) is 11.5 Å². The van der Waals surface area contributed by atoms with Crippen molar-refractivity contribution in [1.29, 1.82) is 0 Å². The third-order valence-corrected chi connectivity index (χ3v) is 2.89. The van der Waals surface area contributed by atoms with Crippen LogP contribution < -0.4 is 15.5 Å². The molecule has 0 aliphatic rings. The zero-order valence-electron chi connectivity index (χ0n) is 13.0. The maximum atomic E-state index is 11.9. The molecule has 2 amide bonds. The van der Waals surface area contributed by atoms with Crippen LogP contribution in [0.25, 0.3) is 0 Å². The van der Waals surface area contributed by atoms with Crippen molar-refractivity contribution in [2.24, 2.45) is 5.10 Å². The van der Waals surface area contributed by atoms with Gasteiger partial charge in [-0.15, -0.1) is 0 Å². The Morgan fingerprint density at radius 1 is 1.17 bits per heavy atom. The molecule has 124 valence electrons. The Kier molecular flexibility index (Phi) is 5.90. The van der Waals surface area contributed by atoms with Gasteiger partial charge < -0.3 is 15.2 Å². The first kappa shape index (κ1) is 17.0. The minimum atomic E-state index is -0.919. The van der Waals surface area contributed by atoms with Crippen molar-refractivity contribution < 1.29 is 19.4 Å². The minimum absolute atomic E-state index is 0.0792. The summed E-state index contributed by atoms with van der Waals surface area (Å²) in [7, 11) is 0. The van der Waals surface area contributed by atoms with Crippen molar-refractivity contribution in [3.05, 3.63) is 54.1 Å². The van der Waals surface area contributed by atoms with Crippen LogP contribution in [0.3, 0.4) is 0 Å². The molecule has 0 aliphatic heterocycles. The number of nitrogens with one attached hydrogen (secondary N) is 2. The first-order valence-electron chi connectivity index (χ1n) is 7.25. The van der Waals surface area contributed by atoms with Gasteiger partial charge in [0, 0.05) is 0 Å². The van der Waals surface area contributed by atoms with Crippen molar-refractivity contribution in [2.75, 3.05) is 11.9 Å². The lowest BCUT2D eigenvalue weighted by atomic mass is 10.2. The van der Waals surface area contributed by atoms with Crippen molar-refractivity contribution in [2.45, 2.75) is 6.92 Å². The molecule has 2 aromatic rings. The number of hydrazone groups is 1. The van der Waals surface area contributed by atoms with E-state index in [0.717, 1.165) is 0 Å². The molecule has 0 atom stereocenters. The molecule has 2 rings (SSSR count). The average molecular weight is 327 g/mol. The number of anilines is 1. The summed E-state index contributed by atoms with van der Waals surface area (Å²) in [6, 6.07) is 13.1. The molecule has 0 aliphatic carbocycles. The average Bonchev–Trinajstić information content (AvgIpc) is 2.57. The molecule has 3 N–H and O–H groups in total.